The minimum atomic E-state index is 0.0349. The van der Waals surface area contributed by atoms with Crippen LogP contribution in [0.1, 0.15) is 18.4 Å². The summed E-state index contributed by atoms with van der Waals surface area (Å²) in [7, 11) is 0. The first kappa shape index (κ1) is 15.7. The van der Waals surface area contributed by atoms with E-state index in [2.05, 4.69) is 55.5 Å². The Morgan fingerprint density at radius 1 is 1.23 bits per heavy atom. The molecule has 3 rings (SSSR count). The summed E-state index contributed by atoms with van der Waals surface area (Å²) in [5, 5.41) is 3.93. The fourth-order valence-corrected chi connectivity index (χ4v) is 3.27. The summed E-state index contributed by atoms with van der Waals surface area (Å²) < 4.78 is 6.65. The molecule has 6 heteroatoms. The Balaban J connectivity index is 1.83. The Morgan fingerprint density at radius 2 is 1.95 bits per heavy atom. The first-order valence-electron chi connectivity index (χ1n) is 7.23. The number of nitrogens with one attached hydrogen (secondary N) is 1. The van der Waals surface area contributed by atoms with Crippen molar-refractivity contribution in [3.05, 3.63) is 51.8 Å². The van der Waals surface area contributed by atoms with E-state index in [1.54, 1.807) is 6.20 Å². The van der Waals surface area contributed by atoms with E-state index in [4.69, 9.17) is 16.3 Å². The quantitative estimate of drug-likeness (QED) is 0.866. The van der Waals surface area contributed by atoms with Crippen LogP contribution in [0, 0.1) is 0 Å². The topological polar surface area (TPSA) is 47.0 Å². The molecule has 0 saturated carbocycles. The molecule has 0 atom stereocenters. The first-order chi connectivity index (χ1) is 10.7. The molecule has 116 valence electrons. The van der Waals surface area contributed by atoms with E-state index in [-0.39, 0.29) is 5.41 Å². The Morgan fingerprint density at radius 3 is 2.64 bits per heavy atom. The van der Waals surface area contributed by atoms with Gasteiger partial charge >= 0.3 is 0 Å². The lowest BCUT2D eigenvalue weighted by molar-refractivity contribution is 0.0543. The highest BCUT2D eigenvalue weighted by molar-refractivity contribution is 9.10. The van der Waals surface area contributed by atoms with Gasteiger partial charge in [0.05, 0.1) is 6.20 Å². The number of nitrogens with zero attached hydrogens (tertiary/aromatic N) is 2. The van der Waals surface area contributed by atoms with E-state index in [1.807, 2.05) is 0 Å². The van der Waals surface area contributed by atoms with Gasteiger partial charge in [-0.3, -0.25) is 0 Å². The van der Waals surface area contributed by atoms with Gasteiger partial charge in [-0.1, -0.05) is 39.7 Å². The predicted molar refractivity (Wildman–Crippen MR) is 91.4 cm³/mol. The maximum Gasteiger partial charge on any atom is 0.148 e. The van der Waals surface area contributed by atoms with E-state index in [0.717, 1.165) is 37.1 Å². The summed E-state index contributed by atoms with van der Waals surface area (Å²) >= 11 is 9.63. The van der Waals surface area contributed by atoms with Crippen LogP contribution >= 0.6 is 27.5 Å². The van der Waals surface area contributed by atoms with Crippen LogP contribution in [0.3, 0.4) is 0 Å². The zero-order valence-corrected chi connectivity index (χ0v) is 14.4. The lowest BCUT2D eigenvalue weighted by atomic mass is 9.74. The largest absolute Gasteiger partial charge is 0.381 e. The zero-order valence-electron chi connectivity index (χ0n) is 12.1. The highest BCUT2D eigenvalue weighted by atomic mass is 79.9. The number of hydrogen-bond acceptors (Lipinski definition) is 4. The van der Waals surface area contributed by atoms with Crippen LogP contribution in [0.15, 0.2) is 41.3 Å². The molecule has 0 bridgehead atoms. The molecule has 1 N–H and O–H groups in total. The van der Waals surface area contributed by atoms with Crippen LogP contribution in [0.5, 0.6) is 0 Å². The first-order valence-corrected chi connectivity index (χ1v) is 8.40. The third-order valence-electron chi connectivity index (χ3n) is 4.17. The molecule has 2 aromatic rings. The van der Waals surface area contributed by atoms with Gasteiger partial charge in [-0.25, -0.2) is 9.97 Å². The van der Waals surface area contributed by atoms with E-state index in [1.165, 1.54) is 11.9 Å². The number of anilines is 1. The number of hydrogen-bond donors (Lipinski definition) is 1. The molecule has 1 aromatic carbocycles. The molecule has 1 aromatic heterocycles. The van der Waals surface area contributed by atoms with Crippen molar-refractivity contribution in [2.24, 2.45) is 0 Å². The van der Waals surface area contributed by atoms with Crippen molar-refractivity contribution < 1.29 is 4.74 Å². The Kier molecular flexibility index (Phi) is 4.96. The minimum Gasteiger partial charge on any atom is -0.381 e. The van der Waals surface area contributed by atoms with Crippen molar-refractivity contribution in [1.29, 1.82) is 0 Å². The smallest absolute Gasteiger partial charge is 0.148 e. The maximum atomic E-state index is 6.14. The average Bonchev–Trinajstić information content (AvgIpc) is 2.56. The molecule has 22 heavy (non-hydrogen) atoms. The third-order valence-corrected chi connectivity index (χ3v) is 4.97. The fourth-order valence-electron chi connectivity index (χ4n) is 2.83. The van der Waals surface area contributed by atoms with E-state index in [0.29, 0.717) is 10.8 Å². The molecule has 0 spiro atoms. The van der Waals surface area contributed by atoms with Crippen LogP contribution in [0.4, 0.5) is 5.82 Å². The normalized spacial score (nSPS) is 17.2. The average molecular weight is 383 g/mol. The molecule has 0 aliphatic carbocycles. The number of aromatic nitrogens is 2. The number of ether oxygens (including phenoxy) is 1. The monoisotopic (exact) mass is 381 g/mol. The summed E-state index contributed by atoms with van der Waals surface area (Å²) in [6, 6.07) is 8.53. The molecule has 1 aliphatic rings. The van der Waals surface area contributed by atoms with Gasteiger partial charge in [-0.05, 0) is 30.5 Å². The lowest BCUT2D eigenvalue weighted by Crippen LogP contribution is -2.40. The zero-order chi connectivity index (χ0) is 15.4. The standard InChI is InChI=1S/C16H17BrClN3O/c17-13-3-1-12(2-4-13)16(5-7-22-8-6-16)10-20-15-14(18)9-19-11-21-15/h1-4,9,11H,5-8,10H2,(H,19,20,21). The Labute approximate surface area is 143 Å². The molecule has 0 radical (unpaired) electrons. The van der Waals surface area contributed by atoms with Gasteiger partial charge in [0.1, 0.15) is 17.2 Å². The van der Waals surface area contributed by atoms with Gasteiger partial charge in [0.2, 0.25) is 0 Å². The second-order valence-corrected chi connectivity index (χ2v) is 6.80. The Bertz CT molecular complexity index is 630. The summed E-state index contributed by atoms with van der Waals surface area (Å²) in [5.74, 6) is 0.680. The van der Waals surface area contributed by atoms with Crippen LogP contribution in [-0.4, -0.2) is 29.7 Å². The highest BCUT2D eigenvalue weighted by Crippen LogP contribution is 2.36. The Hall–Kier alpha value is -1.17. The number of rotatable bonds is 4. The van der Waals surface area contributed by atoms with Gasteiger partial charge in [-0.2, -0.15) is 0 Å². The molecule has 1 saturated heterocycles. The molecule has 4 nitrogen and oxygen atoms in total. The second-order valence-electron chi connectivity index (χ2n) is 5.47. The fraction of sp³-hybridized carbons (Fsp3) is 0.375. The van der Waals surface area contributed by atoms with Crippen molar-refractivity contribution in [1.82, 2.24) is 9.97 Å². The lowest BCUT2D eigenvalue weighted by Gasteiger charge is -2.38. The van der Waals surface area contributed by atoms with Crippen LogP contribution in [0.25, 0.3) is 0 Å². The van der Waals surface area contributed by atoms with Gasteiger partial charge < -0.3 is 10.1 Å². The second kappa shape index (κ2) is 6.94. The van der Waals surface area contributed by atoms with Crippen molar-refractivity contribution in [2.75, 3.05) is 25.1 Å². The van der Waals surface area contributed by atoms with Crippen molar-refractivity contribution in [3.63, 3.8) is 0 Å². The highest BCUT2D eigenvalue weighted by Gasteiger charge is 2.34. The van der Waals surface area contributed by atoms with Gasteiger partial charge in [0, 0.05) is 29.6 Å². The van der Waals surface area contributed by atoms with Crippen LogP contribution in [0.2, 0.25) is 5.02 Å². The molecule has 0 unspecified atom stereocenters. The van der Waals surface area contributed by atoms with Gasteiger partial charge in [0.15, 0.2) is 0 Å². The number of benzene rings is 1. The van der Waals surface area contributed by atoms with Gasteiger partial charge in [-0.15, -0.1) is 0 Å². The molecule has 2 heterocycles. The van der Waals surface area contributed by atoms with E-state index < -0.39 is 0 Å². The summed E-state index contributed by atoms with van der Waals surface area (Å²) in [6.07, 6.45) is 5.06. The van der Waals surface area contributed by atoms with Crippen molar-refractivity contribution in [2.45, 2.75) is 18.3 Å². The molecule has 1 fully saturated rings. The van der Waals surface area contributed by atoms with Crippen LogP contribution < -0.4 is 5.32 Å². The molecular weight excluding hydrogens is 366 g/mol. The number of halogens is 2. The summed E-state index contributed by atoms with van der Waals surface area (Å²) in [4.78, 5) is 8.13. The SMILES string of the molecule is Clc1cncnc1NCC1(c2ccc(Br)cc2)CCOCC1. The summed E-state index contributed by atoms with van der Waals surface area (Å²) in [6.45, 7) is 2.32. The molecule has 0 amide bonds. The predicted octanol–water partition coefficient (Wildman–Crippen LogP) is 4.05. The maximum absolute atomic E-state index is 6.14. The van der Waals surface area contributed by atoms with E-state index >= 15 is 0 Å². The minimum absolute atomic E-state index is 0.0349. The molecular formula is C16H17BrClN3O. The molecule has 1 aliphatic heterocycles. The van der Waals surface area contributed by atoms with Crippen molar-refractivity contribution >= 4 is 33.3 Å². The summed E-state index contributed by atoms with van der Waals surface area (Å²) in [5.41, 5.74) is 1.35. The van der Waals surface area contributed by atoms with Gasteiger partial charge in [0.25, 0.3) is 0 Å². The van der Waals surface area contributed by atoms with Crippen molar-refractivity contribution in [3.8, 4) is 0 Å². The van der Waals surface area contributed by atoms with E-state index in [9.17, 15) is 0 Å². The third kappa shape index (κ3) is 3.42. The van der Waals surface area contributed by atoms with Crippen LogP contribution in [-0.2, 0) is 10.2 Å².